The maximum Gasteiger partial charge on any atom is 0.159 e. The van der Waals surface area contributed by atoms with Gasteiger partial charge in [-0.05, 0) is 24.3 Å². The molecule has 0 amide bonds. The minimum absolute atomic E-state index is 0.524. The molecule has 18 heavy (non-hydrogen) atoms. The van der Waals surface area contributed by atoms with E-state index in [0.29, 0.717) is 22.6 Å². The SMILES string of the molecule is Nc1ccn2cc(-c3ccc(F)c(F)c3)nc2c1. The van der Waals surface area contributed by atoms with Crippen molar-refractivity contribution in [3.63, 3.8) is 0 Å². The second-order valence-corrected chi connectivity index (χ2v) is 3.98. The van der Waals surface area contributed by atoms with E-state index in [9.17, 15) is 8.78 Å². The lowest BCUT2D eigenvalue weighted by molar-refractivity contribution is 0.509. The lowest BCUT2D eigenvalue weighted by Gasteiger charge is -1.96. The third kappa shape index (κ3) is 1.69. The summed E-state index contributed by atoms with van der Waals surface area (Å²) < 4.78 is 27.8. The molecule has 90 valence electrons. The average molecular weight is 245 g/mol. The molecule has 0 saturated heterocycles. The van der Waals surface area contributed by atoms with Gasteiger partial charge >= 0.3 is 0 Å². The van der Waals surface area contributed by atoms with Gasteiger partial charge in [-0.3, -0.25) is 0 Å². The molecule has 0 unspecified atom stereocenters. The van der Waals surface area contributed by atoms with Gasteiger partial charge < -0.3 is 10.1 Å². The number of hydrogen-bond donors (Lipinski definition) is 1. The van der Waals surface area contributed by atoms with E-state index in [2.05, 4.69) is 4.98 Å². The molecule has 3 rings (SSSR count). The fourth-order valence-corrected chi connectivity index (χ4v) is 1.79. The second kappa shape index (κ2) is 3.80. The third-order valence-electron chi connectivity index (χ3n) is 2.70. The standard InChI is InChI=1S/C13H9F2N3/c14-10-2-1-8(5-11(10)15)12-7-18-4-3-9(16)6-13(18)17-12/h1-7H,16H2. The maximum absolute atomic E-state index is 13.2. The Hall–Kier alpha value is -2.43. The van der Waals surface area contributed by atoms with Crippen molar-refractivity contribution >= 4 is 11.3 Å². The Morgan fingerprint density at radius 2 is 1.89 bits per heavy atom. The Morgan fingerprint density at radius 3 is 2.67 bits per heavy atom. The highest BCUT2D eigenvalue weighted by Crippen LogP contribution is 2.21. The van der Waals surface area contributed by atoms with Crippen molar-refractivity contribution in [1.82, 2.24) is 9.38 Å². The molecular formula is C13H9F2N3. The molecule has 2 N–H and O–H groups in total. The molecule has 2 heterocycles. The first kappa shape index (κ1) is 10.7. The molecular weight excluding hydrogens is 236 g/mol. The van der Waals surface area contributed by atoms with E-state index >= 15 is 0 Å². The van der Waals surface area contributed by atoms with Crippen molar-refractivity contribution in [2.45, 2.75) is 0 Å². The number of benzene rings is 1. The molecule has 0 spiro atoms. The van der Waals surface area contributed by atoms with Crippen LogP contribution in [-0.4, -0.2) is 9.38 Å². The van der Waals surface area contributed by atoms with E-state index in [-0.39, 0.29) is 0 Å². The minimum Gasteiger partial charge on any atom is -0.399 e. The predicted octanol–water partition coefficient (Wildman–Crippen LogP) is 2.86. The van der Waals surface area contributed by atoms with Crippen LogP contribution in [0.1, 0.15) is 0 Å². The molecule has 5 heteroatoms. The zero-order valence-corrected chi connectivity index (χ0v) is 9.27. The molecule has 3 aromatic rings. The van der Waals surface area contributed by atoms with Gasteiger partial charge in [-0.25, -0.2) is 13.8 Å². The second-order valence-electron chi connectivity index (χ2n) is 3.98. The normalized spacial score (nSPS) is 11.0. The number of fused-ring (bicyclic) bond motifs is 1. The molecule has 0 saturated carbocycles. The quantitative estimate of drug-likeness (QED) is 0.716. The van der Waals surface area contributed by atoms with E-state index in [0.717, 1.165) is 12.1 Å². The summed E-state index contributed by atoms with van der Waals surface area (Å²) in [7, 11) is 0. The summed E-state index contributed by atoms with van der Waals surface area (Å²) in [5.41, 5.74) is 8.01. The van der Waals surface area contributed by atoms with Crippen molar-refractivity contribution in [2.24, 2.45) is 0 Å². The first-order valence-electron chi connectivity index (χ1n) is 5.33. The number of rotatable bonds is 1. The molecule has 2 aromatic heterocycles. The number of pyridine rings is 1. The number of hydrogen-bond acceptors (Lipinski definition) is 2. The zero-order chi connectivity index (χ0) is 12.7. The lowest BCUT2D eigenvalue weighted by atomic mass is 10.1. The Morgan fingerprint density at radius 1 is 1.06 bits per heavy atom. The molecule has 0 fully saturated rings. The van der Waals surface area contributed by atoms with Gasteiger partial charge in [0.05, 0.1) is 5.69 Å². The van der Waals surface area contributed by atoms with Crippen molar-refractivity contribution in [2.75, 3.05) is 5.73 Å². The van der Waals surface area contributed by atoms with E-state index in [4.69, 9.17) is 5.73 Å². The van der Waals surface area contributed by atoms with E-state index in [1.807, 2.05) is 0 Å². The molecule has 1 aromatic carbocycles. The number of nitrogens with two attached hydrogens (primary N) is 1. The minimum atomic E-state index is -0.885. The van der Waals surface area contributed by atoms with Crippen LogP contribution in [0.25, 0.3) is 16.9 Å². The van der Waals surface area contributed by atoms with Gasteiger partial charge in [0.15, 0.2) is 11.6 Å². The zero-order valence-electron chi connectivity index (χ0n) is 9.27. The van der Waals surface area contributed by atoms with E-state index in [1.54, 1.807) is 28.9 Å². The molecule has 0 bridgehead atoms. The highest BCUT2D eigenvalue weighted by molar-refractivity contribution is 5.64. The summed E-state index contributed by atoms with van der Waals surface area (Å²) >= 11 is 0. The van der Waals surface area contributed by atoms with Gasteiger partial charge in [0.1, 0.15) is 5.65 Å². The lowest BCUT2D eigenvalue weighted by Crippen LogP contribution is -1.87. The molecule has 3 nitrogen and oxygen atoms in total. The van der Waals surface area contributed by atoms with Crippen LogP contribution in [0.5, 0.6) is 0 Å². The predicted molar refractivity (Wildman–Crippen MR) is 65.0 cm³/mol. The number of nitrogen functional groups attached to an aromatic ring is 1. The summed E-state index contributed by atoms with van der Waals surface area (Å²) in [5.74, 6) is -1.75. The fraction of sp³-hybridized carbons (Fsp3) is 0. The molecule has 0 aliphatic carbocycles. The number of nitrogens with zero attached hydrogens (tertiary/aromatic N) is 2. The number of halogens is 2. The maximum atomic E-state index is 13.2. The first-order valence-corrected chi connectivity index (χ1v) is 5.33. The Kier molecular flexibility index (Phi) is 2.26. The summed E-state index contributed by atoms with van der Waals surface area (Å²) in [6, 6.07) is 7.15. The number of imidazole rings is 1. The van der Waals surface area contributed by atoms with Gasteiger partial charge in [0.2, 0.25) is 0 Å². The smallest absolute Gasteiger partial charge is 0.159 e. The van der Waals surface area contributed by atoms with Gasteiger partial charge in [-0.15, -0.1) is 0 Å². The van der Waals surface area contributed by atoms with Gasteiger partial charge in [0.25, 0.3) is 0 Å². The largest absolute Gasteiger partial charge is 0.399 e. The summed E-state index contributed by atoms with van der Waals surface area (Å²) in [6.07, 6.45) is 3.50. The Labute approximate surface area is 101 Å². The van der Waals surface area contributed by atoms with Crippen LogP contribution >= 0.6 is 0 Å². The highest BCUT2D eigenvalue weighted by atomic mass is 19.2. The molecule has 0 atom stereocenters. The van der Waals surface area contributed by atoms with Crippen LogP contribution in [-0.2, 0) is 0 Å². The van der Waals surface area contributed by atoms with Gasteiger partial charge in [0, 0.05) is 29.7 Å². The number of anilines is 1. The van der Waals surface area contributed by atoms with E-state index in [1.165, 1.54) is 6.07 Å². The molecule has 0 aliphatic rings. The Balaban J connectivity index is 2.16. The number of aromatic nitrogens is 2. The van der Waals surface area contributed by atoms with Crippen LogP contribution in [0.2, 0.25) is 0 Å². The van der Waals surface area contributed by atoms with Crippen LogP contribution in [0.3, 0.4) is 0 Å². The Bertz CT molecular complexity index is 734. The van der Waals surface area contributed by atoms with Crippen molar-refractivity contribution < 1.29 is 8.78 Å². The van der Waals surface area contributed by atoms with Gasteiger partial charge in [-0.1, -0.05) is 0 Å². The first-order chi connectivity index (χ1) is 8.63. The van der Waals surface area contributed by atoms with Crippen molar-refractivity contribution in [3.8, 4) is 11.3 Å². The van der Waals surface area contributed by atoms with E-state index < -0.39 is 11.6 Å². The van der Waals surface area contributed by atoms with Crippen LogP contribution in [0.15, 0.2) is 42.7 Å². The summed E-state index contributed by atoms with van der Waals surface area (Å²) in [4.78, 5) is 4.31. The highest BCUT2D eigenvalue weighted by Gasteiger charge is 2.08. The third-order valence-corrected chi connectivity index (χ3v) is 2.70. The fourth-order valence-electron chi connectivity index (χ4n) is 1.79. The van der Waals surface area contributed by atoms with Crippen LogP contribution in [0.4, 0.5) is 14.5 Å². The molecule has 0 radical (unpaired) electrons. The van der Waals surface area contributed by atoms with Crippen molar-refractivity contribution in [1.29, 1.82) is 0 Å². The van der Waals surface area contributed by atoms with Crippen molar-refractivity contribution in [3.05, 3.63) is 54.4 Å². The van der Waals surface area contributed by atoms with Gasteiger partial charge in [-0.2, -0.15) is 0 Å². The summed E-state index contributed by atoms with van der Waals surface area (Å²) in [5, 5.41) is 0. The average Bonchev–Trinajstić information content (AvgIpc) is 2.75. The van der Waals surface area contributed by atoms with Crippen LogP contribution in [0, 0.1) is 11.6 Å². The topological polar surface area (TPSA) is 43.3 Å². The summed E-state index contributed by atoms with van der Waals surface area (Å²) in [6.45, 7) is 0. The van der Waals surface area contributed by atoms with Crippen LogP contribution < -0.4 is 5.73 Å². The monoisotopic (exact) mass is 245 g/mol. The molecule has 0 aliphatic heterocycles.